The highest BCUT2D eigenvalue weighted by molar-refractivity contribution is 7.88. The van der Waals surface area contributed by atoms with Crippen LogP contribution in [0.1, 0.15) is 5.56 Å². The van der Waals surface area contributed by atoms with Gasteiger partial charge in [0.25, 0.3) is 5.03 Å². The van der Waals surface area contributed by atoms with Gasteiger partial charge in [0.2, 0.25) is 0 Å². The maximum atomic E-state index is 11.1. The van der Waals surface area contributed by atoms with Crippen LogP contribution in [0.15, 0.2) is 28.8 Å². The van der Waals surface area contributed by atoms with Crippen molar-refractivity contribution >= 4 is 16.9 Å². The van der Waals surface area contributed by atoms with Crippen molar-refractivity contribution in [2.45, 2.75) is 5.03 Å². The first-order valence-corrected chi connectivity index (χ1v) is 4.31. The van der Waals surface area contributed by atoms with Gasteiger partial charge in [0, 0.05) is 11.5 Å². The summed E-state index contributed by atoms with van der Waals surface area (Å²) in [7, 11) is -1.24. The molecule has 4 heteroatoms. The normalized spacial score (nSPS) is 20.2. The van der Waals surface area contributed by atoms with Gasteiger partial charge in [-0.2, -0.15) is 4.73 Å². The molecule has 3 nitrogen and oxygen atoms in total. The van der Waals surface area contributed by atoms with Gasteiger partial charge in [0.1, 0.15) is 10.8 Å². The predicted octanol–water partition coefficient (Wildman–Crippen LogP) is 0.412. The molecular weight excluding hydrogens is 162 g/mol. The summed E-state index contributed by atoms with van der Waals surface area (Å²) in [4.78, 5) is 0. The molecule has 0 bridgehead atoms. The Bertz CT molecular complexity index is 359. The minimum Gasteiger partial charge on any atom is -0.618 e. The van der Waals surface area contributed by atoms with Crippen LogP contribution in [0.25, 0.3) is 6.08 Å². The van der Waals surface area contributed by atoms with E-state index in [1.165, 1.54) is 11.6 Å². The molecule has 0 aromatic carbocycles. The van der Waals surface area contributed by atoms with Gasteiger partial charge in [-0.25, -0.2) is 4.21 Å². The summed E-state index contributed by atoms with van der Waals surface area (Å²) in [5.74, 6) is 0. The average Bonchev–Trinajstić information content (AvgIpc) is 2.34. The molecule has 0 aliphatic carbocycles. The minimum atomic E-state index is -1.24. The zero-order valence-corrected chi connectivity index (χ0v) is 6.38. The van der Waals surface area contributed by atoms with Crippen molar-refractivity contribution in [3.05, 3.63) is 34.5 Å². The van der Waals surface area contributed by atoms with E-state index in [1.807, 2.05) is 0 Å². The highest BCUT2D eigenvalue weighted by atomic mass is 32.2. The fourth-order valence-electron chi connectivity index (χ4n) is 1.02. The molecular formula is C7H5NO2S. The molecule has 2 heterocycles. The molecule has 1 aliphatic rings. The Labute approximate surface area is 66.0 Å². The van der Waals surface area contributed by atoms with E-state index < -0.39 is 10.8 Å². The van der Waals surface area contributed by atoms with Crippen LogP contribution in [0, 0.1) is 5.21 Å². The van der Waals surface area contributed by atoms with Crippen LogP contribution in [0.5, 0.6) is 0 Å². The van der Waals surface area contributed by atoms with Crippen LogP contribution < -0.4 is 4.73 Å². The molecule has 1 aromatic heterocycles. The number of fused-ring (bicyclic) bond motifs is 1. The lowest BCUT2D eigenvalue weighted by atomic mass is 10.3. The fourth-order valence-corrected chi connectivity index (χ4v) is 2.03. The molecule has 2 rings (SSSR count). The second kappa shape index (κ2) is 2.17. The van der Waals surface area contributed by atoms with Crippen LogP contribution in [0.2, 0.25) is 0 Å². The molecule has 56 valence electrons. The Kier molecular flexibility index (Phi) is 1.29. The molecule has 11 heavy (non-hydrogen) atoms. The van der Waals surface area contributed by atoms with Gasteiger partial charge in [-0.1, -0.05) is 0 Å². The second-order valence-electron chi connectivity index (χ2n) is 2.19. The Morgan fingerprint density at radius 1 is 1.55 bits per heavy atom. The van der Waals surface area contributed by atoms with E-state index in [4.69, 9.17) is 0 Å². The van der Waals surface area contributed by atoms with Crippen molar-refractivity contribution in [3.8, 4) is 0 Å². The number of rotatable bonds is 0. The van der Waals surface area contributed by atoms with Crippen LogP contribution >= 0.6 is 0 Å². The summed E-state index contributed by atoms with van der Waals surface area (Å²) < 4.78 is 11.7. The van der Waals surface area contributed by atoms with Crippen molar-refractivity contribution in [1.29, 1.82) is 0 Å². The highest BCUT2D eigenvalue weighted by Gasteiger charge is 2.20. The number of pyridine rings is 1. The number of hydrogen-bond donors (Lipinski definition) is 0. The van der Waals surface area contributed by atoms with E-state index in [2.05, 4.69) is 0 Å². The Hall–Kier alpha value is -1.16. The fraction of sp³-hybridized carbons (Fsp3) is 0. The lowest BCUT2D eigenvalue weighted by Crippen LogP contribution is -2.30. The van der Waals surface area contributed by atoms with Crippen LogP contribution in [0.4, 0.5) is 0 Å². The molecule has 0 amide bonds. The quantitative estimate of drug-likeness (QED) is 0.415. The summed E-state index contributed by atoms with van der Waals surface area (Å²) in [6.45, 7) is 0. The van der Waals surface area contributed by atoms with E-state index >= 15 is 0 Å². The van der Waals surface area contributed by atoms with Gasteiger partial charge >= 0.3 is 0 Å². The predicted molar refractivity (Wildman–Crippen MR) is 40.8 cm³/mol. The second-order valence-corrected chi connectivity index (χ2v) is 3.45. The van der Waals surface area contributed by atoms with E-state index in [-0.39, 0.29) is 0 Å². The smallest absolute Gasteiger partial charge is 0.293 e. The van der Waals surface area contributed by atoms with Gasteiger partial charge in [0.05, 0.1) is 5.56 Å². The molecule has 1 aromatic rings. The van der Waals surface area contributed by atoms with Crippen molar-refractivity contribution in [2.24, 2.45) is 0 Å². The Morgan fingerprint density at radius 2 is 2.36 bits per heavy atom. The maximum Gasteiger partial charge on any atom is 0.293 e. The third-order valence-electron chi connectivity index (χ3n) is 1.51. The first-order chi connectivity index (χ1) is 5.29. The van der Waals surface area contributed by atoms with Gasteiger partial charge in [-0.3, -0.25) is 0 Å². The van der Waals surface area contributed by atoms with E-state index in [1.54, 1.807) is 18.2 Å². The molecule has 0 radical (unpaired) electrons. The third kappa shape index (κ3) is 0.867. The minimum absolute atomic E-state index is 0.340. The first-order valence-electron chi connectivity index (χ1n) is 3.10. The van der Waals surface area contributed by atoms with Crippen molar-refractivity contribution in [3.63, 3.8) is 0 Å². The van der Waals surface area contributed by atoms with Gasteiger partial charge in [0.15, 0.2) is 6.20 Å². The average molecular weight is 167 g/mol. The largest absolute Gasteiger partial charge is 0.618 e. The standard InChI is InChI=1S/C7H5NO2S/c9-8-4-1-2-6-3-5-11(10)7(6)8/h1-5H. The number of aromatic nitrogens is 1. The van der Waals surface area contributed by atoms with Gasteiger partial charge in [-0.05, 0) is 12.1 Å². The van der Waals surface area contributed by atoms with E-state index in [9.17, 15) is 9.42 Å². The zero-order chi connectivity index (χ0) is 7.84. The summed E-state index contributed by atoms with van der Waals surface area (Å²) in [5.41, 5.74) is 0.751. The molecule has 1 atom stereocenters. The van der Waals surface area contributed by atoms with Crippen molar-refractivity contribution in [1.82, 2.24) is 0 Å². The van der Waals surface area contributed by atoms with Crippen molar-refractivity contribution < 1.29 is 8.94 Å². The third-order valence-corrected chi connectivity index (χ3v) is 2.69. The zero-order valence-electron chi connectivity index (χ0n) is 5.56. The topological polar surface area (TPSA) is 44.0 Å². The van der Waals surface area contributed by atoms with Gasteiger partial charge in [-0.15, -0.1) is 0 Å². The molecule has 0 N–H and O–H groups in total. The SMILES string of the molecule is O=S1C=Cc2ccc[n+]([O-])c21. The number of nitrogens with zero attached hydrogens (tertiary/aromatic N) is 1. The van der Waals surface area contributed by atoms with Crippen LogP contribution in [-0.4, -0.2) is 4.21 Å². The monoisotopic (exact) mass is 167 g/mol. The molecule has 0 spiro atoms. The summed E-state index contributed by atoms with van der Waals surface area (Å²) >= 11 is 0. The molecule has 0 fully saturated rings. The van der Waals surface area contributed by atoms with Crippen LogP contribution in [-0.2, 0) is 10.8 Å². The molecule has 0 saturated carbocycles. The van der Waals surface area contributed by atoms with Crippen LogP contribution in [0.3, 0.4) is 0 Å². The Balaban J connectivity index is 2.74. The molecule has 1 unspecified atom stereocenters. The van der Waals surface area contributed by atoms with Gasteiger partial charge < -0.3 is 5.21 Å². The molecule has 0 saturated heterocycles. The van der Waals surface area contributed by atoms with E-state index in [0.717, 1.165) is 5.56 Å². The highest BCUT2D eigenvalue weighted by Crippen LogP contribution is 2.18. The molecule has 1 aliphatic heterocycles. The number of hydrogen-bond acceptors (Lipinski definition) is 2. The Morgan fingerprint density at radius 3 is 3.09 bits per heavy atom. The van der Waals surface area contributed by atoms with Crippen molar-refractivity contribution in [2.75, 3.05) is 0 Å². The lowest BCUT2D eigenvalue weighted by Gasteiger charge is -1.99. The van der Waals surface area contributed by atoms with E-state index in [0.29, 0.717) is 9.76 Å². The summed E-state index contributed by atoms with van der Waals surface area (Å²) in [6.07, 6.45) is 3.05. The summed E-state index contributed by atoms with van der Waals surface area (Å²) in [6, 6.07) is 3.41. The summed E-state index contributed by atoms with van der Waals surface area (Å²) in [5, 5.41) is 12.9. The maximum absolute atomic E-state index is 11.1. The lowest BCUT2D eigenvalue weighted by molar-refractivity contribution is -0.646. The first kappa shape index (κ1) is 6.54.